The summed E-state index contributed by atoms with van der Waals surface area (Å²) in [7, 11) is -2.77. The van der Waals surface area contributed by atoms with Crippen molar-refractivity contribution in [3.8, 4) is 0 Å². The maximum absolute atomic E-state index is 12.9. The predicted molar refractivity (Wildman–Crippen MR) is 42.1 cm³/mol. The Labute approximate surface area is 65.8 Å². The lowest BCUT2D eigenvalue weighted by atomic mass is 10.2. The Morgan fingerprint density at radius 2 is 1.91 bits per heavy atom. The molecule has 1 unspecified atom stereocenters. The molecule has 1 atom stereocenters. The molecule has 0 aromatic heterocycles. The van der Waals surface area contributed by atoms with Crippen LogP contribution in [0.25, 0.3) is 0 Å². The molecule has 0 aromatic carbocycles. The SMILES string of the molecule is C=S(=O)(OC)C(F)(F)C(C)C. The minimum atomic E-state index is -3.73. The largest absolute Gasteiger partial charge is 0.337 e. The fourth-order valence-corrected chi connectivity index (χ4v) is 1.41. The van der Waals surface area contributed by atoms with Crippen molar-refractivity contribution in [1.29, 1.82) is 0 Å². The normalized spacial score (nSPS) is 18.4. The Balaban J connectivity index is 4.85. The van der Waals surface area contributed by atoms with Crippen molar-refractivity contribution < 1.29 is 17.2 Å². The summed E-state index contributed by atoms with van der Waals surface area (Å²) in [6.07, 6.45) is 0. The molecule has 0 saturated carbocycles. The van der Waals surface area contributed by atoms with E-state index in [-0.39, 0.29) is 0 Å². The monoisotopic (exact) mass is 186 g/mol. The van der Waals surface area contributed by atoms with Gasteiger partial charge in [0.05, 0.1) is 7.11 Å². The van der Waals surface area contributed by atoms with Gasteiger partial charge in [-0.2, -0.15) is 8.78 Å². The molecule has 0 N–H and O–H groups in total. The molecule has 0 spiro atoms. The molecule has 0 aliphatic heterocycles. The fraction of sp³-hybridized carbons (Fsp3) is 0.833. The Hall–Kier alpha value is -0.160. The fourth-order valence-electron chi connectivity index (χ4n) is 0.470. The number of alkyl halides is 2. The molecule has 5 heteroatoms. The average molecular weight is 186 g/mol. The Kier molecular flexibility index (Phi) is 3.02. The lowest BCUT2D eigenvalue weighted by Crippen LogP contribution is -2.34. The third-order valence-electron chi connectivity index (χ3n) is 1.36. The van der Waals surface area contributed by atoms with Gasteiger partial charge in [0.15, 0.2) is 0 Å². The highest BCUT2D eigenvalue weighted by atomic mass is 32.2. The van der Waals surface area contributed by atoms with Crippen molar-refractivity contribution in [1.82, 2.24) is 0 Å². The third-order valence-corrected chi connectivity index (χ3v) is 3.20. The summed E-state index contributed by atoms with van der Waals surface area (Å²) < 4.78 is 40.8. The van der Waals surface area contributed by atoms with Gasteiger partial charge >= 0.3 is 5.25 Å². The van der Waals surface area contributed by atoms with Gasteiger partial charge in [0.2, 0.25) is 0 Å². The molecule has 2 nitrogen and oxygen atoms in total. The molecule has 0 bridgehead atoms. The summed E-state index contributed by atoms with van der Waals surface area (Å²) in [5.41, 5.74) is 0. The smallest absolute Gasteiger partial charge is 0.297 e. The van der Waals surface area contributed by atoms with E-state index in [1.165, 1.54) is 13.8 Å². The quantitative estimate of drug-likeness (QED) is 0.624. The maximum atomic E-state index is 12.9. The van der Waals surface area contributed by atoms with Crippen molar-refractivity contribution in [2.45, 2.75) is 19.1 Å². The molecule has 68 valence electrons. The van der Waals surface area contributed by atoms with E-state index in [0.717, 1.165) is 7.11 Å². The molecule has 11 heavy (non-hydrogen) atoms. The van der Waals surface area contributed by atoms with E-state index in [9.17, 15) is 13.0 Å². The second-order valence-corrected chi connectivity index (χ2v) is 4.61. The first-order valence-electron chi connectivity index (χ1n) is 3.06. The van der Waals surface area contributed by atoms with E-state index in [2.05, 4.69) is 10.1 Å². The van der Waals surface area contributed by atoms with Crippen molar-refractivity contribution in [3.63, 3.8) is 0 Å². The van der Waals surface area contributed by atoms with Gasteiger partial charge in [0.1, 0.15) is 9.80 Å². The predicted octanol–water partition coefficient (Wildman–Crippen LogP) is 1.51. The maximum Gasteiger partial charge on any atom is 0.337 e. The van der Waals surface area contributed by atoms with Gasteiger partial charge in [-0.25, -0.2) is 4.21 Å². The standard InChI is InChI=1S/C6H12F2O2S/c1-5(2)6(7,8)11(4,9)10-3/h5H,4H2,1-3H3. The molecule has 0 aliphatic rings. The van der Waals surface area contributed by atoms with E-state index in [4.69, 9.17) is 0 Å². The molecular weight excluding hydrogens is 174 g/mol. The van der Waals surface area contributed by atoms with Crippen LogP contribution < -0.4 is 0 Å². The van der Waals surface area contributed by atoms with Crippen LogP contribution in [-0.2, 0) is 14.0 Å². The first-order chi connectivity index (χ1) is 4.75. The summed E-state index contributed by atoms with van der Waals surface area (Å²) in [5.74, 6) is 1.80. The van der Waals surface area contributed by atoms with Gasteiger partial charge in [-0.1, -0.05) is 13.8 Å². The third kappa shape index (κ3) is 1.90. The molecule has 0 saturated heterocycles. The first-order valence-corrected chi connectivity index (χ1v) is 4.71. The van der Waals surface area contributed by atoms with Crippen LogP contribution >= 0.6 is 0 Å². The summed E-state index contributed by atoms with van der Waals surface area (Å²) in [6.45, 7) is 2.54. The van der Waals surface area contributed by atoms with Gasteiger partial charge in [0, 0.05) is 5.92 Å². The lowest BCUT2D eigenvalue weighted by molar-refractivity contribution is 0.0377. The summed E-state index contributed by atoms with van der Waals surface area (Å²) in [4.78, 5) is 0. The van der Waals surface area contributed by atoms with E-state index >= 15 is 0 Å². The summed E-state index contributed by atoms with van der Waals surface area (Å²) in [6, 6.07) is 0. The zero-order valence-electron chi connectivity index (χ0n) is 6.77. The van der Waals surface area contributed by atoms with Crippen LogP contribution in [0.2, 0.25) is 0 Å². The minimum absolute atomic E-state index is 0.964. The van der Waals surface area contributed by atoms with Crippen LogP contribution in [0.3, 0.4) is 0 Å². The summed E-state index contributed by atoms with van der Waals surface area (Å²) in [5, 5.41) is -3.36. The average Bonchev–Trinajstić information content (AvgIpc) is 1.87. The highest BCUT2D eigenvalue weighted by molar-refractivity contribution is 7.96. The zero-order valence-corrected chi connectivity index (χ0v) is 7.58. The molecule has 0 aromatic rings. The van der Waals surface area contributed by atoms with Crippen LogP contribution in [0.5, 0.6) is 0 Å². The van der Waals surface area contributed by atoms with E-state index < -0.39 is 21.0 Å². The molecule has 0 aliphatic carbocycles. The molecule has 0 amide bonds. The number of halogens is 2. The van der Waals surface area contributed by atoms with Crippen LogP contribution in [0.1, 0.15) is 13.8 Å². The van der Waals surface area contributed by atoms with Gasteiger partial charge in [0.25, 0.3) is 0 Å². The van der Waals surface area contributed by atoms with Crippen molar-refractivity contribution in [2.75, 3.05) is 7.11 Å². The first kappa shape index (κ1) is 10.8. The van der Waals surface area contributed by atoms with E-state index in [0.29, 0.717) is 0 Å². The lowest BCUT2D eigenvalue weighted by Gasteiger charge is -2.22. The van der Waals surface area contributed by atoms with E-state index in [1.54, 1.807) is 0 Å². The van der Waals surface area contributed by atoms with Crippen molar-refractivity contribution >= 4 is 15.7 Å². The molecule has 0 rings (SSSR count). The highest BCUT2D eigenvalue weighted by Gasteiger charge is 2.43. The highest BCUT2D eigenvalue weighted by Crippen LogP contribution is 2.30. The minimum Gasteiger partial charge on any atom is -0.297 e. The van der Waals surface area contributed by atoms with Crippen LogP contribution in [0, 0.1) is 5.92 Å². The van der Waals surface area contributed by atoms with Crippen LogP contribution in [0.4, 0.5) is 8.78 Å². The number of hydrogen-bond donors (Lipinski definition) is 0. The number of rotatable bonds is 3. The van der Waals surface area contributed by atoms with Crippen LogP contribution in [0.15, 0.2) is 0 Å². The molecule has 0 radical (unpaired) electrons. The van der Waals surface area contributed by atoms with Crippen molar-refractivity contribution in [3.05, 3.63) is 0 Å². The zero-order chi connectivity index (χ0) is 9.28. The van der Waals surface area contributed by atoms with Gasteiger partial charge in [-0.15, -0.1) is 0 Å². The molecule has 0 heterocycles. The molecule has 0 fully saturated rings. The summed E-state index contributed by atoms with van der Waals surface area (Å²) >= 11 is 0. The second-order valence-electron chi connectivity index (χ2n) is 2.50. The number of hydrogen-bond acceptors (Lipinski definition) is 2. The molecular formula is C6H12F2O2S. The Morgan fingerprint density at radius 1 is 1.55 bits per heavy atom. The van der Waals surface area contributed by atoms with Gasteiger partial charge in [-0.05, 0) is 5.87 Å². The second kappa shape index (κ2) is 3.06. The Morgan fingerprint density at radius 3 is 2.00 bits per heavy atom. The van der Waals surface area contributed by atoms with Gasteiger partial charge in [-0.3, -0.25) is 4.18 Å². The van der Waals surface area contributed by atoms with Crippen molar-refractivity contribution in [2.24, 2.45) is 5.92 Å². The van der Waals surface area contributed by atoms with E-state index in [1.807, 2.05) is 0 Å². The topological polar surface area (TPSA) is 26.3 Å². The Bertz CT molecular complexity index is 219. The van der Waals surface area contributed by atoms with Gasteiger partial charge < -0.3 is 0 Å². The van der Waals surface area contributed by atoms with Crippen LogP contribution in [-0.4, -0.2) is 22.4 Å².